The Hall–Kier alpha value is -1.20. The Labute approximate surface area is 105 Å². The zero-order valence-electron chi connectivity index (χ0n) is 10.1. The number of nitrogens with zero attached hydrogens (tertiary/aromatic N) is 2. The predicted octanol–water partition coefficient (Wildman–Crippen LogP) is 2.70. The average molecular weight is 251 g/mol. The van der Waals surface area contributed by atoms with Gasteiger partial charge in [0.25, 0.3) is 0 Å². The van der Waals surface area contributed by atoms with Crippen molar-refractivity contribution in [2.45, 2.75) is 38.6 Å². The maximum Gasteiger partial charge on any atom is 0.231 e. The highest BCUT2D eigenvalue weighted by atomic mass is 32.1. The van der Waals surface area contributed by atoms with E-state index in [0.717, 1.165) is 12.8 Å². The molecule has 5 heteroatoms. The van der Waals surface area contributed by atoms with Crippen LogP contribution in [0.4, 0.5) is 0 Å². The second kappa shape index (κ2) is 4.98. The second-order valence-electron chi connectivity index (χ2n) is 4.18. The summed E-state index contributed by atoms with van der Waals surface area (Å²) in [6, 6.07) is 2.06. The zero-order chi connectivity index (χ0) is 12.3. The van der Waals surface area contributed by atoms with Crippen LogP contribution < -0.4 is 5.73 Å². The van der Waals surface area contributed by atoms with Crippen molar-refractivity contribution in [1.82, 2.24) is 10.1 Å². The van der Waals surface area contributed by atoms with Crippen molar-refractivity contribution in [3.63, 3.8) is 0 Å². The molecule has 2 N–H and O–H groups in total. The SMILES string of the molecule is CCC(N)(CC)c1noc(Cc2ccsc2)n1. The Balaban J connectivity index is 2.15. The Morgan fingerprint density at radius 2 is 2.18 bits per heavy atom. The van der Waals surface area contributed by atoms with Crippen LogP contribution in [-0.2, 0) is 12.0 Å². The fraction of sp³-hybridized carbons (Fsp3) is 0.500. The van der Waals surface area contributed by atoms with Gasteiger partial charge in [-0.05, 0) is 35.2 Å². The van der Waals surface area contributed by atoms with Crippen LogP contribution in [0.5, 0.6) is 0 Å². The normalized spacial score (nSPS) is 11.9. The highest BCUT2D eigenvalue weighted by Gasteiger charge is 2.28. The minimum Gasteiger partial charge on any atom is -0.339 e. The average Bonchev–Trinajstić information content (AvgIpc) is 3.00. The molecule has 0 saturated heterocycles. The summed E-state index contributed by atoms with van der Waals surface area (Å²) >= 11 is 1.67. The van der Waals surface area contributed by atoms with E-state index in [0.29, 0.717) is 18.1 Å². The molecule has 0 spiro atoms. The molecule has 17 heavy (non-hydrogen) atoms. The summed E-state index contributed by atoms with van der Waals surface area (Å²) in [4.78, 5) is 4.40. The van der Waals surface area contributed by atoms with Crippen molar-refractivity contribution in [1.29, 1.82) is 0 Å². The Kier molecular flexibility index (Phi) is 3.59. The molecule has 0 atom stereocenters. The van der Waals surface area contributed by atoms with Crippen molar-refractivity contribution < 1.29 is 4.52 Å². The van der Waals surface area contributed by atoms with Crippen molar-refractivity contribution in [2.24, 2.45) is 5.73 Å². The van der Waals surface area contributed by atoms with Crippen LogP contribution in [0.3, 0.4) is 0 Å². The molecule has 0 unspecified atom stereocenters. The molecule has 2 heterocycles. The van der Waals surface area contributed by atoms with Gasteiger partial charge in [0.1, 0.15) is 0 Å². The Morgan fingerprint density at radius 1 is 1.41 bits per heavy atom. The standard InChI is InChI=1S/C12H17N3OS/c1-3-12(13,4-2)11-14-10(16-15-11)7-9-5-6-17-8-9/h5-6,8H,3-4,7,13H2,1-2H3. The third-order valence-electron chi connectivity index (χ3n) is 3.11. The smallest absolute Gasteiger partial charge is 0.231 e. The summed E-state index contributed by atoms with van der Waals surface area (Å²) in [6.07, 6.45) is 2.29. The molecule has 0 aromatic carbocycles. The maximum absolute atomic E-state index is 6.22. The van der Waals surface area contributed by atoms with Gasteiger partial charge in [-0.3, -0.25) is 0 Å². The molecule has 92 valence electrons. The first-order valence-corrected chi connectivity index (χ1v) is 6.75. The van der Waals surface area contributed by atoms with E-state index in [2.05, 4.69) is 21.6 Å². The molecule has 0 bridgehead atoms. The van der Waals surface area contributed by atoms with Gasteiger partial charge in [-0.15, -0.1) is 0 Å². The minimum atomic E-state index is -0.462. The first kappa shape index (κ1) is 12.3. The van der Waals surface area contributed by atoms with Crippen LogP contribution >= 0.6 is 11.3 Å². The number of nitrogens with two attached hydrogens (primary N) is 1. The van der Waals surface area contributed by atoms with E-state index < -0.39 is 5.54 Å². The van der Waals surface area contributed by atoms with Gasteiger partial charge in [0.05, 0.1) is 12.0 Å². The van der Waals surface area contributed by atoms with E-state index in [1.54, 1.807) is 11.3 Å². The molecular formula is C12H17N3OS. The monoisotopic (exact) mass is 251 g/mol. The molecule has 4 nitrogen and oxygen atoms in total. The van der Waals surface area contributed by atoms with Crippen LogP contribution in [0.2, 0.25) is 0 Å². The van der Waals surface area contributed by atoms with Crippen molar-refractivity contribution in [3.05, 3.63) is 34.1 Å². The Morgan fingerprint density at radius 3 is 2.76 bits per heavy atom. The molecule has 0 aliphatic heterocycles. The quantitative estimate of drug-likeness (QED) is 0.887. The van der Waals surface area contributed by atoms with Crippen molar-refractivity contribution in [3.8, 4) is 0 Å². The fourth-order valence-electron chi connectivity index (χ4n) is 1.66. The molecule has 0 aliphatic carbocycles. The maximum atomic E-state index is 6.22. The van der Waals surface area contributed by atoms with Gasteiger partial charge in [-0.25, -0.2) is 0 Å². The number of hydrogen-bond donors (Lipinski definition) is 1. The van der Waals surface area contributed by atoms with Gasteiger partial charge in [0.2, 0.25) is 5.89 Å². The van der Waals surface area contributed by atoms with Crippen LogP contribution in [0, 0.1) is 0 Å². The summed E-state index contributed by atoms with van der Waals surface area (Å²) < 4.78 is 5.25. The lowest BCUT2D eigenvalue weighted by Crippen LogP contribution is -2.36. The molecule has 0 amide bonds. The van der Waals surface area contributed by atoms with Gasteiger partial charge >= 0.3 is 0 Å². The summed E-state index contributed by atoms with van der Waals surface area (Å²) in [5.41, 5.74) is 6.95. The predicted molar refractivity (Wildman–Crippen MR) is 67.9 cm³/mol. The van der Waals surface area contributed by atoms with Gasteiger partial charge in [-0.1, -0.05) is 19.0 Å². The number of aromatic nitrogens is 2. The van der Waals surface area contributed by atoms with Gasteiger partial charge in [0.15, 0.2) is 5.82 Å². The molecule has 0 fully saturated rings. The van der Waals surface area contributed by atoms with E-state index in [-0.39, 0.29) is 0 Å². The summed E-state index contributed by atoms with van der Waals surface area (Å²) in [7, 11) is 0. The van der Waals surface area contributed by atoms with E-state index in [1.165, 1.54) is 5.56 Å². The first-order chi connectivity index (χ1) is 8.18. The number of thiophene rings is 1. The molecule has 0 radical (unpaired) electrons. The highest BCUT2D eigenvalue weighted by Crippen LogP contribution is 2.23. The second-order valence-corrected chi connectivity index (χ2v) is 4.96. The molecule has 2 rings (SSSR count). The van der Waals surface area contributed by atoms with Crippen molar-refractivity contribution >= 4 is 11.3 Å². The summed E-state index contributed by atoms with van der Waals surface area (Å²) in [5.74, 6) is 1.25. The van der Waals surface area contributed by atoms with Crippen LogP contribution in [0.1, 0.15) is 44.0 Å². The fourth-order valence-corrected chi connectivity index (χ4v) is 2.33. The van der Waals surface area contributed by atoms with E-state index in [9.17, 15) is 0 Å². The summed E-state index contributed by atoms with van der Waals surface area (Å²) in [5, 5.41) is 8.12. The van der Waals surface area contributed by atoms with Crippen LogP contribution in [-0.4, -0.2) is 10.1 Å². The van der Waals surface area contributed by atoms with E-state index >= 15 is 0 Å². The molecule has 2 aromatic rings. The third-order valence-corrected chi connectivity index (χ3v) is 3.84. The topological polar surface area (TPSA) is 64.9 Å². The first-order valence-electron chi connectivity index (χ1n) is 5.81. The molecule has 0 aliphatic rings. The summed E-state index contributed by atoms with van der Waals surface area (Å²) in [6.45, 7) is 4.08. The molecular weight excluding hydrogens is 234 g/mol. The van der Waals surface area contributed by atoms with E-state index in [4.69, 9.17) is 10.3 Å². The number of rotatable bonds is 5. The Bertz CT molecular complexity index is 460. The highest BCUT2D eigenvalue weighted by molar-refractivity contribution is 7.07. The van der Waals surface area contributed by atoms with Gasteiger partial charge < -0.3 is 10.3 Å². The van der Waals surface area contributed by atoms with E-state index in [1.807, 2.05) is 19.2 Å². The molecule has 0 saturated carbocycles. The van der Waals surface area contributed by atoms with Crippen molar-refractivity contribution in [2.75, 3.05) is 0 Å². The molecule has 2 aromatic heterocycles. The third kappa shape index (κ3) is 2.56. The van der Waals surface area contributed by atoms with Gasteiger partial charge in [-0.2, -0.15) is 16.3 Å². The lowest BCUT2D eigenvalue weighted by molar-refractivity contribution is 0.337. The number of hydrogen-bond acceptors (Lipinski definition) is 5. The lowest BCUT2D eigenvalue weighted by Gasteiger charge is -2.21. The zero-order valence-corrected chi connectivity index (χ0v) is 11.0. The largest absolute Gasteiger partial charge is 0.339 e. The van der Waals surface area contributed by atoms with Gasteiger partial charge in [0, 0.05) is 0 Å². The van der Waals surface area contributed by atoms with Crippen LogP contribution in [0.25, 0.3) is 0 Å². The van der Waals surface area contributed by atoms with Crippen LogP contribution in [0.15, 0.2) is 21.3 Å². The minimum absolute atomic E-state index is 0.462. The lowest BCUT2D eigenvalue weighted by atomic mass is 9.93.